The molecule has 1 saturated heterocycles. The van der Waals surface area contributed by atoms with Gasteiger partial charge in [-0.05, 0) is 31.0 Å². The Hall–Kier alpha value is -2.41. The number of rotatable bonds is 4. The summed E-state index contributed by atoms with van der Waals surface area (Å²) < 4.78 is 28.6. The van der Waals surface area contributed by atoms with E-state index >= 15 is 0 Å². The number of ether oxygens (including phenoxy) is 2. The Balaban J connectivity index is 2.08. The van der Waals surface area contributed by atoms with Gasteiger partial charge < -0.3 is 9.47 Å². The predicted octanol–water partition coefficient (Wildman–Crippen LogP) is 3.19. The van der Waals surface area contributed by atoms with Crippen molar-refractivity contribution in [2.75, 3.05) is 13.7 Å². The molecule has 6 nitrogen and oxygen atoms in total. The summed E-state index contributed by atoms with van der Waals surface area (Å²) in [5, 5.41) is 0. The van der Waals surface area contributed by atoms with Crippen molar-refractivity contribution in [1.29, 1.82) is 0 Å². The summed E-state index contributed by atoms with van der Waals surface area (Å²) in [6.45, 7) is 7.70. The maximum atomic E-state index is 13.7. The third-order valence-corrected chi connectivity index (χ3v) is 5.02. The van der Waals surface area contributed by atoms with E-state index in [0.717, 1.165) is 31.2 Å². The number of hydrogen-bond acceptors (Lipinski definition) is 3. The lowest BCUT2D eigenvalue weighted by Crippen LogP contribution is -2.30. The molecule has 0 N–H and O–H groups in total. The minimum atomic E-state index is -0.538. The van der Waals surface area contributed by atoms with Crippen molar-refractivity contribution >= 4 is 5.91 Å². The summed E-state index contributed by atoms with van der Waals surface area (Å²) in [6, 6.07) is 5.76. The van der Waals surface area contributed by atoms with Crippen LogP contribution in [0.2, 0.25) is 0 Å². The third kappa shape index (κ3) is 4.19. The van der Waals surface area contributed by atoms with Gasteiger partial charge in [0.2, 0.25) is 0 Å². The molecule has 1 aromatic heterocycles. The molecule has 2 aromatic rings. The molecule has 3 rings (SSSR count). The zero-order chi connectivity index (χ0) is 20.5. The molecule has 2 heterocycles. The molecule has 0 saturated carbocycles. The molecule has 1 fully saturated rings. The highest BCUT2D eigenvalue weighted by molar-refractivity contribution is 5.97. The number of hydrogen-bond donors (Lipinski definition) is 0. The number of amides is 1. The van der Waals surface area contributed by atoms with E-state index in [1.165, 1.54) is 19.2 Å². The van der Waals surface area contributed by atoms with E-state index in [9.17, 15) is 9.18 Å². The summed E-state index contributed by atoms with van der Waals surface area (Å²) in [7, 11) is 3.41. The summed E-state index contributed by atoms with van der Waals surface area (Å²) >= 11 is 0. The maximum absolute atomic E-state index is 13.7. The molecule has 7 heteroatoms. The van der Waals surface area contributed by atoms with Gasteiger partial charge in [-0.25, -0.2) is 4.39 Å². The van der Waals surface area contributed by atoms with Crippen LogP contribution in [0.15, 0.2) is 29.3 Å². The molecule has 0 radical (unpaired) electrons. The van der Waals surface area contributed by atoms with E-state index in [4.69, 9.17) is 9.47 Å². The summed E-state index contributed by atoms with van der Waals surface area (Å²) in [4.78, 5) is 17.2. The van der Waals surface area contributed by atoms with Gasteiger partial charge in [0.1, 0.15) is 11.6 Å². The summed E-state index contributed by atoms with van der Waals surface area (Å²) in [6.07, 6.45) is 2.11. The maximum Gasteiger partial charge on any atom is 0.282 e. The Morgan fingerprint density at radius 2 is 2.11 bits per heavy atom. The van der Waals surface area contributed by atoms with Crippen molar-refractivity contribution in [3.63, 3.8) is 0 Å². The Bertz CT molecular complexity index is 931. The van der Waals surface area contributed by atoms with Crippen LogP contribution in [-0.2, 0) is 23.7 Å². The molecular formula is C21H28FN3O3. The summed E-state index contributed by atoms with van der Waals surface area (Å²) in [5.74, 6) is -0.744. The Morgan fingerprint density at radius 3 is 2.71 bits per heavy atom. The molecule has 152 valence electrons. The van der Waals surface area contributed by atoms with Crippen molar-refractivity contribution in [2.45, 2.75) is 51.7 Å². The first-order valence-corrected chi connectivity index (χ1v) is 9.52. The van der Waals surface area contributed by atoms with E-state index in [1.54, 1.807) is 0 Å². The zero-order valence-electron chi connectivity index (χ0n) is 17.2. The standard InChI is InChI=1S/C21H28FN3O3/c1-21(2,3)18-12-19(25(24(18)4)13-15-7-6-10-28-15)23-20(26)16-11-14(22)8-9-17(16)27-5/h8-9,11-12,15H,6-7,10,13H2,1-5H3/t15-/m1/s1. The van der Waals surface area contributed by atoms with Crippen molar-refractivity contribution in [3.8, 4) is 5.75 Å². The highest BCUT2D eigenvalue weighted by atomic mass is 19.1. The van der Waals surface area contributed by atoms with Crippen LogP contribution in [0.4, 0.5) is 4.39 Å². The second-order valence-electron chi connectivity index (χ2n) is 8.14. The van der Waals surface area contributed by atoms with Crippen molar-refractivity contribution in [3.05, 3.63) is 46.8 Å². The van der Waals surface area contributed by atoms with Crippen molar-refractivity contribution in [2.24, 2.45) is 12.0 Å². The van der Waals surface area contributed by atoms with Crippen LogP contribution in [0.3, 0.4) is 0 Å². The van der Waals surface area contributed by atoms with E-state index < -0.39 is 11.7 Å². The topological polar surface area (TPSA) is 57.8 Å². The lowest BCUT2D eigenvalue weighted by molar-refractivity contribution is 0.0885. The average molecular weight is 389 g/mol. The zero-order valence-corrected chi connectivity index (χ0v) is 17.2. The fourth-order valence-corrected chi connectivity index (χ4v) is 3.57. The van der Waals surface area contributed by atoms with Gasteiger partial charge in [0.15, 0.2) is 5.49 Å². The minimum Gasteiger partial charge on any atom is -0.496 e. The average Bonchev–Trinajstić information content (AvgIpc) is 3.24. The van der Waals surface area contributed by atoms with Gasteiger partial charge in [-0.2, -0.15) is 4.99 Å². The van der Waals surface area contributed by atoms with Gasteiger partial charge in [-0.3, -0.25) is 14.2 Å². The van der Waals surface area contributed by atoms with Crippen LogP contribution in [0.25, 0.3) is 0 Å². The van der Waals surface area contributed by atoms with E-state index in [2.05, 4.69) is 25.8 Å². The second kappa shape index (κ2) is 7.91. The summed E-state index contributed by atoms with van der Waals surface area (Å²) in [5.41, 5.74) is 1.55. The molecule has 0 spiro atoms. The second-order valence-corrected chi connectivity index (χ2v) is 8.14. The molecule has 0 aliphatic carbocycles. The quantitative estimate of drug-likeness (QED) is 0.807. The molecular weight excluding hydrogens is 361 g/mol. The fraction of sp³-hybridized carbons (Fsp3) is 0.524. The number of carbonyl (C=O) groups is 1. The van der Waals surface area contributed by atoms with E-state index in [1.807, 2.05) is 22.5 Å². The molecule has 1 aliphatic heterocycles. The lowest BCUT2D eigenvalue weighted by Gasteiger charge is -2.21. The largest absolute Gasteiger partial charge is 0.496 e. The van der Waals surface area contributed by atoms with Gasteiger partial charge in [0.25, 0.3) is 5.91 Å². The molecule has 1 amide bonds. The number of aromatic nitrogens is 2. The van der Waals surface area contributed by atoms with Gasteiger partial charge >= 0.3 is 0 Å². The lowest BCUT2D eigenvalue weighted by atomic mass is 9.92. The van der Waals surface area contributed by atoms with Gasteiger partial charge in [0, 0.05) is 30.8 Å². The SMILES string of the molecule is COc1ccc(F)cc1C(=O)N=c1cc(C(C)(C)C)n(C)n1C[C@H]1CCCO1. The molecule has 1 aliphatic rings. The van der Waals surface area contributed by atoms with Crippen LogP contribution < -0.4 is 10.2 Å². The Labute approximate surface area is 164 Å². The monoisotopic (exact) mass is 389 g/mol. The van der Waals surface area contributed by atoms with Crippen molar-refractivity contribution < 1.29 is 18.7 Å². The number of halogens is 1. The highest BCUT2D eigenvalue weighted by Gasteiger charge is 2.24. The van der Waals surface area contributed by atoms with E-state index in [-0.39, 0.29) is 17.1 Å². The molecule has 28 heavy (non-hydrogen) atoms. The van der Waals surface area contributed by atoms with Crippen molar-refractivity contribution in [1.82, 2.24) is 9.36 Å². The third-order valence-electron chi connectivity index (χ3n) is 5.02. The molecule has 0 unspecified atom stereocenters. The normalized spacial score (nSPS) is 17.9. The first-order chi connectivity index (χ1) is 13.2. The smallest absolute Gasteiger partial charge is 0.282 e. The van der Waals surface area contributed by atoms with Crippen LogP contribution in [0.5, 0.6) is 5.75 Å². The molecule has 1 aromatic carbocycles. The van der Waals surface area contributed by atoms with Gasteiger partial charge in [-0.1, -0.05) is 20.8 Å². The minimum absolute atomic E-state index is 0.0965. The van der Waals surface area contributed by atoms with Crippen LogP contribution >= 0.6 is 0 Å². The number of carbonyl (C=O) groups excluding carboxylic acids is 1. The van der Waals surface area contributed by atoms with Crippen LogP contribution in [0, 0.1) is 5.82 Å². The number of methoxy groups -OCH3 is 1. The van der Waals surface area contributed by atoms with Gasteiger partial charge in [0.05, 0.1) is 25.3 Å². The first kappa shape index (κ1) is 20.3. The number of nitrogens with zero attached hydrogens (tertiary/aromatic N) is 3. The highest BCUT2D eigenvalue weighted by Crippen LogP contribution is 2.23. The number of benzene rings is 1. The van der Waals surface area contributed by atoms with Crippen LogP contribution in [0.1, 0.15) is 49.7 Å². The van der Waals surface area contributed by atoms with Gasteiger partial charge in [-0.15, -0.1) is 0 Å². The molecule has 1 atom stereocenters. The Morgan fingerprint density at radius 1 is 1.36 bits per heavy atom. The predicted molar refractivity (Wildman–Crippen MR) is 104 cm³/mol. The van der Waals surface area contributed by atoms with E-state index in [0.29, 0.717) is 17.8 Å². The molecule has 0 bridgehead atoms. The fourth-order valence-electron chi connectivity index (χ4n) is 3.57. The first-order valence-electron chi connectivity index (χ1n) is 9.52. The Kier molecular flexibility index (Phi) is 5.74. The van der Waals surface area contributed by atoms with Crippen LogP contribution in [-0.4, -0.2) is 35.1 Å².